The fourth-order valence-electron chi connectivity index (χ4n) is 1.74. The minimum Gasteiger partial charge on any atom is -0.472 e. The molecule has 17 heavy (non-hydrogen) atoms. The van der Waals surface area contributed by atoms with Crippen molar-refractivity contribution in [1.29, 1.82) is 0 Å². The van der Waals surface area contributed by atoms with E-state index in [9.17, 15) is 9.90 Å². The molecule has 0 amide bonds. The van der Waals surface area contributed by atoms with Crippen LogP contribution in [0.15, 0.2) is 24.0 Å². The van der Waals surface area contributed by atoms with Crippen LogP contribution in [0.1, 0.15) is 6.42 Å². The van der Waals surface area contributed by atoms with Crippen molar-refractivity contribution in [3.8, 4) is 0 Å². The molecule has 96 valence electrons. The summed E-state index contributed by atoms with van der Waals surface area (Å²) < 4.78 is 9.30. The van der Waals surface area contributed by atoms with Crippen molar-refractivity contribution >= 4 is 5.97 Å². The molecule has 0 heterocycles. The lowest BCUT2D eigenvalue weighted by atomic mass is 9.98. The SMILES string of the molecule is COC(=O)/C=C/OC(O)C1C(CO)=CCC1N. The Bertz CT molecular complexity index is 326. The van der Waals surface area contributed by atoms with Gasteiger partial charge in [-0.2, -0.15) is 0 Å². The van der Waals surface area contributed by atoms with E-state index >= 15 is 0 Å². The van der Waals surface area contributed by atoms with Gasteiger partial charge < -0.3 is 25.4 Å². The number of hydrogen-bond donors (Lipinski definition) is 3. The van der Waals surface area contributed by atoms with Gasteiger partial charge in [0.1, 0.15) is 0 Å². The Morgan fingerprint density at radius 3 is 3.06 bits per heavy atom. The van der Waals surface area contributed by atoms with Crippen molar-refractivity contribution in [3.05, 3.63) is 24.0 Å². The number of esters is 1. The molecule has 0 aromatic rings. The number of hydrogen-bond acceptors (Lipinski definition) is 6. The molecular formula is C11H17NO5. The van der Waals surface area contributed by atoms with E-state index in [0.29, 0.717) is 12.0 Å². The van der Waals surface area contributed by atoms with Gasteiger partial charge in [0, 0.05) is 6.04 Å². The molecule has 0 aromatic heterocycles. The molecule has 0 bridgehead atoms. The lowest BCUT2D eigenvalue weighted by molar-refractivity contribution is -0.135. The fraction of sp³-hybridized carbons (Fsp3) is 0.545. The molecule has 0 aromatic carbocycles. The summed E-state index contributed by atoms with van der Waals surface area (Å²) in [6.07, 6.45) is 3.28. The van der Waals surface area contributed by atoms with Gasteiger partial charge in [-0.3, -0.25) is 0 Å². The van der Waals surface area contributed by atoms with Crippen molar-refractivity contribution in [2.45, 2.75) is 18.8 Å². The van der Waals surface area contributed by atoms with Gasteiger partial charge in [-0.15, -0.1) is 0 Å². The molecule has 1 aliphatic carbocycles. The zero-order valence-electron chi connectivity index (χ0n) is 9.57. The molecule has 4 N–H and O–H groups in total. The second kappa shape index (κ2) is 6.39. The van der Waals surface area contributed by atoms with Crippen LogP contribution >= 0.6 is 0 Å². The number of aliphatic hydroxyl groups excluding tert-OH is 2. The molecule has 3 unspecified atom stereocenters. The van der Waals surface area contributed by atoms with Gasteiger partial charge in [0.15, 0.2) is 0 Å². The third-order valence-corrected chi connectivity index (χ3v) is 2.65. The summed E-state index contributed by atoms with van der Waals surface area (Å²) in [4.78, 5) is 10.8. The summed E-state index contributed by atoms with van der Waals surface area (Å²) in [5, 5.41) is 18.8. The van der Waals surface area contributed by atoms with Crippen molar-refractivity contribution < 1.29 is 24.5 Å². The molecule has 6 heteroatoms. The molecule has 0 spiro atoms. The van der Waals surface area contributed by atoms with Crippen molar-refractivity contribution in [2.75, 3.05) is 13.7 Å². The minimum atomic E-state index is -1.19. The predicted octanol–water partition coefficient (Wildman–Crippen LogP) is -0.726. The van der Waals surface area contributed by atoms with E-state index < -0.39 is 18.2 Å². The monoisotopic (exact) mass is 243 g/mol. The molecule has 6 nitrogen and oxygen atoms in total. The number of ether oxygens (including phenoxy) is 2. The number of rotatable bonds is 5. The van der Waals surface area contributed by atoms with Gasteiger partial charge >= 0.3 is 5.97 Å². The first-order valence-electron chi connectivity index (χ1n) is 5.23. The first-order chi connectivity index (χ1) is 8.10. The van der Waals surface area contributed by atoms with Gasteiger partial charge in [0.05, 0.1) is 32.0 Å². The zero-order valence-corrected chi connectivity index (χ0v) is 9.57. The molecule has 3 atom stereocenters. The maximum atomic E-state index is 10.8. The molecule has 1 rings (SSSR count). The Morgan fingerprint density at radius 1 is 1.76 bits per heavy atom. The Morgan fingerprint density at radius 2 is 2.47 bits per heavy atom. The van der Waals surface area contributed by atoms with E-state index in [1.807, 2.05) is 0 Å². The van der Waals surface area contributed by atoms with Crippen LogP contribution < -0.4 is 5.73 Å². The first-order valence-corrected chi connectivity index (χ1v) is 5.23. The predicted molar refractivity (Wildman–Crippen MR) is 59.5 cm³/mol. The average Bonchev–Trinajstić information content (AvgIpc) is 2.69. The molecule has 1 aliphatic rings. The highest BCUT2D eigenvalue weighted by Gasteiger charge is 2.33. The Hall–Kier alpha value is -1.37. The summed E-state index contributed by atoms with van der Waals surface area (Å²) >= 11 is 0. The van der Waals surface area contributed by atoms with Gasteiger partial charge in [-0.1, -0.05) is 6.08 Å². The van der Waals surface area contributed by atoms with Crippen molar-refractivity contribution in [3.63, 3.8) is 0 Å². The minimum absolute atomic E-state index is 0.167. The summed E-state index contributed by atoms with van der Waals surface area (Å²) in [6.45, 7) is -0.167. The molecule has 0 radical (unpaired) electrons. The highest BCUT2D eigenvalue weighted by molar-refractivity contribution is 5.81. The lowest BCUT2D eigenvalue weighted by Gasteiger charge is -2.23. The summed E-state index contributed by atoms with van der Waals surface area (Å²) in [5.41, 5.74) is 6.43. The fourth-order valence-corrected chi connectivity index (χ4v) is 1.74. The van der Waals surface area contributed by atoms with Crippen LogP contribution in [0.5, 0.6) is 0 Å². The van der Waals surface area contributed by atoms with Crippen LogP contribution in [0, 0.1) is 5.92 Å². The normalized spacial score (nSPS) is 25.8. The quantitative estimate of drug-likeness (QED) is 0.193. The molecule has 0 saturated heterocycles. The van der Waals surface area contributed by atoms with Crippen LogP contribution in [0.2, 0.25) is 0 Å². The second-order valence-electron chi connectivity index (χ2n) is 3.72. The van der Waals surface area contributed by atoms with E-state index in [-0.39, 0.29) is 12.6 Å². The Labute approximate surface area is 99.3 Å². The molecule has 0 saturated carbocycles. The maximum Gasteiger partial charge on any atom is 0.333 e. The summed E-state index contributed by atoms with van der Waals surface area (Å²) in [5.74, 6) is -1.03. The van der Waals surface area contributed by atoms with Gasteiger partial charge in [0.2, 0.25) is 6.29 Å². The van der Waals surface area contributed by atoms with E-state index in [0.717, 1.165) is 12.3 Å². The van der Waals surface area contributed by atoms with E-state index in [4.69, 9.17) is 15.6 Å². The van der Waals surface area contributed by atoms with Crippen LogP contribution in [0.25, 0.3) is 0 Å². The van der Waals surface area contributed by atoms with Crippen LogP contribution in [-0.4, -0.2) is 42.2 Å². The number of carbonyl (C=O) groups excluding carboxylic acids is 1. The number of methoxy groups -OCH3 is 1. The number of nitrogens with two attached hydrogens (primary N) is 1. The van der Waals surface area contributed by atoms with E-state index in [2.05, 4.69) is 4.74 Å². The molecule has 0 aliphatic heterocycles. The molecule has 0 fully saturated rings. The van der Waals surface area contributed by atoms with Crippen molar-refractivity contribution in [1.82, 2.24) is 0 Å². The highest BCUT2D eigenvalue weighted by atomic mass is 16.6. The highest BCUT2D eigenvalue weighted by Crippen LogP contribution is 2.28. The van der Waals surface area contributed by atoms with E-state index in [1.54, 1.807) is 6.08 Å². The average molecular weight is 243 g/mol. The third kappa shape index (κ3) is 3.55. The summed E-state index contributed by atoms with van der Waals surface area (Å²) in [7, 11) is 1.24. The van der Waals surface area contributed by atoms with E-state index in [1.165, 1.54) is 7.11 Å². The first kappa shape index (κ1) is 13.7. The van der Waals surface area contributed by atoms with Crippen molar-refractivity contribution in [2.24, 2.45) is 11.7 Å². The van der Waals surface area contributed by atoms with Crippen LogP contribution in [0.3, 0.4) is 0 Å². The lowest BCUT2D eigenvalue weighted by Crippen LogP contribution is -2.37. The Balaban J connectivity index is 2.52. The maximum absolute atomic E-state index is 10.8. The molecular weight excluding hydrogens is 226 g/mol. The largest absolute Gasteiger partial charge is 0.472 e. The zero-order chi connectivity index (χ0) is 12.8. The van der Waals surface area contributed by atoms with Gasteiger partial charge in [-0.05, 0) is 12.0 Å². The number of carbonyl (C=O) groups is 1. The smallest absolute Gasteiger partial charge is 0.333 e. The number of aliphatic hydroxyl groups is 2. The second-order valence-corrected chi connectivity index (χ2v) is 3.72. The van der Waals surface area contributed by atoms with Gasteiger partial charge in [0.25, 0.3) is 0 Å². The third-order valence-electron chi connectivity index (χ3n) is 2.65. The summed E-state index contributed by atoms with van der Waals surface area (Å²) in [6, 6.07) is -0.293. The topological polar surface area (TPSA) is 102 Å². The van der Waals surface area contributed by atoms with Crippen LogP contribution in [0.4, 0.5) is 0 Å². The van der Waals surface area contributed by atoms with Gasteiger partial charge in [-0.25, -0.2) is 4.79 Å². The Kier molecular flexibility index (Phi) is 5.14. The standard InChI is InChI=1S/C11H17NO5/c1-16-9(14)4-5-17-11(15)10-7(6-13)2-3-8(10)12/h2,4-5,8,10-11,13,15H,3,6,12H2,1H3/b5-4+. The van der Waals surface area contributed by atoms with Crippen LogP contribution in [-0.2, 0) is 14.3 Å².